The zero-order valence-electron chi connectivity index (χ0n) is 27.3. The fourth-order valence-corrected chi connectivity index (χ4v) is 3.49. The van der Waals surface area contributed by atoms with E-state index in [1.807, 2.05) is 0 Å². The van der Waals surface area contributed by atoms with Gasteiger partial charge in [-0.3, -0.25) is 0 Å². The highest BCUT2D eigenvalue weighted by Crippen LogP contribution is 2.13. The summed E-state index contributed by atoms with van der Waals surface area (Å²) in [6, 6.07) is 0. The maximum atomic E-state index is 10.9. The summed E-state index contributed by atoms with van der Waals surface area (Å²) in [5.41, 5.74) is 0. The molecule has 1 atom stereocenters. The maximum absolute atomic E-state index is 10.9. The van der Waals surface area contributed by atoms with Gasteiger partial charge in [0.05, 0.1) is 152 Å². The van der Waals surface area contributed by atoms with E-state index in [9.17, 15) is 4.79 Å². The van der Waals surface area contributed by atoms with Crippen molar-refractivity contribution in [2.75, 3.05) is 166 Å². The Morgan fingerprint density at radius 1 is 0.467 bits per heavy atom. The first-order valence-corrected chi connectivity index (χ1v) is 16.0. The molecule has 1 fully saturated rings. The third kappa shape index (κ3) is 32.7. The topological polar surface area (TPSA) is 146 Å². The third-order valence-electron chi connectivity index (χ3n) is 5.84. The highest BCUT2D eigenvalue weighted by molar-refractivity contribution is 5.70. The molecule has 0 amide bonds. The fraction of sp³-hybridized carbons (Fsp3) is 0.967. The molecule has 1 aliphatic heterocycles. The van der Waals surface area contributed by atoms with Gasteiger partial charge in [-0.1, -0.05) is 0 Å². The number of hydrogen-bond acceptors (Lipinski definition) is 15. The molecule has 1 rings (SSSR count). The van der Waals surface area contributed by atoms with Crippen LogP contribution in [0.5, 0.6) is 0 Å². The number of hydrogen-bond donors (Lipinski definition) is 0. The second-order valence-electron chi connectivity index (χ2n) is 9.42. The van der Waals surface area contributed by atoms with E-state index in [1.54, 1.807) is 0 Å². The summed E-state index contributed by atoms with van der Waals surface area (Å²) in [7, 11) is 1.32. The van der Waals surface area contributed by atoms with E-state index in [0.717, 1.165) is 25.9 Å². The average molecular weight is 659 g/mol. The highest BCUT2D eigenvalue weighted by atomic mass is 16.7. The SMILES string of the molecule is COC(=O)COCCOCCOCCOCCOCCOCCOCCOCCOCCOCCOCCOC1CCCCO1. The van der Waals surface area contributed by atoms with Gasteiger partial charge in [0.2, 0.25) is 0 Å². The zero-order valence-corrected chi connectivity index (χ0v) is 27.3. The van der Waals surface area contributed by atoms with Gasteiger partial charge in [-0.25, -0.2) is 4.79 Å². The molecular weight excluding hydrogens is 600 g/mol. The summed E-state index contributed by atoms with van der Waals surface area (Å²) in [4.78, 5) is 10.9. The lowest BCUT2D eigenvalue weighted by Crippen LogP contribution is -2.24. The molecule has 45 heavy (non-hydrogen) atoms. The lowest BCUT2D eigenvalue weighted by atomic mass is 10.2. The monoisotopic (exact) mass is 658 g/mol. The third-order valence-corrected chi connectivity index (χ3v) is 5.84. The van der Waals surface area contributed by atoms with Crippen LogP contribution in [0, 0.1) is 0 Å². The van der Waals surface area contributed by atoms with E-state index in [0.29, 0.717) is 145 Å². The minimum Gasteiger partial charge on any atom is -0.467 e. The minimum absolute atomic E-state index is 0.0691. The normalized spacial score (nSPS) is 15.1. The summed E-state index contributed by atoms with van der Waals surface area (Å²) < 4.78 is 75.1. The van der Waals surface area contributed by atoms with Crippen molar-refractivity contribution in [3.05, 3.63) is 0 Å². The van der Waals surface area contributed by atoms with E-state index in [1.165, 1.54) is 7.11 Å². The van der Waals surface area contributed by atoms with Crippen molar-refractivity contribution in [1.29, 1.82) is 0 Å². The van der Waals surface area contributed by atoms with Gasteiger partial charge in [0.25, 0.3) is 0 Å². The molecular formula is C30H58O15. The van der Waals surface area contributed by atoms with Crippen LogP contribution in [0.4, 0.5) is 0 Å². The Labute approximate surface area is 268 Å². The van der Waals surface area contributed by atoms with Crippen LogP contribution < -0.4 is 0 Å². The lowest BCUT2D eigenvalue weighted by Gasteiger charge is -2.22. The van der Waals surface area contributed by atoms with Crippen molar-refractivity contribution in [3.8, 4) is 0 Å². The molecule has 1 unspecified atom stereocenters. The number of carbonyl (C=O) groups is 1. The van der Waals surface area contributed by atoms with Gasteiger partial charge in [-0.05, 0) is 19.3 Å². The van der Waals surface area contributed by atoms with Gasteiger partial charge < -0.3 is 66.3 Å². The Bertz CT molecular complexity index is 596. The second-order valence-corrected chi connectivity index (χ2v) is 9.42. The second kappa shape index (κ2) is 35.8. The van der Waals surface area contributed by atoms with Gasteiger partial charge in [0.15, 0.2) is 6.29 Å². The Morgan fingerprint density at radius 3 is 1.07 bits per heavy atom. The average Bonchev–Trinajstić information content (AvgIpc) is 3.06. The maximum Gasteiger partial charge on any atom is 0.331 e. The Kier molecular flexibility index (Phi) is 33.4. The van der Waals surface area contributed by atoms with Crippen LogP contribution in [0.3, 0.4) is 0 Å². The first kappa shape index (κ1) is 42.0. The summed E-state index contributed by atoms with van der Waals surface area (Å²) in [5.74, 6) is -0.407. The lowest BCUT2D eigenvalue weighted by molar-refractivity contribution is -0.169. The molecule has 0 spiro atoms. The van der Waals surface area contributed by atoms with Crippen molar-refractivity contribution < 1.29 is 71.1 Å². The van der Waals surface area contributed by atoms with Gasteiger partial charge >= 0.3 is 5.97 Å². The summed E-state index contributed by atoms with van der Waals surface area (Å²) in [5, 5.41) is 0. The standard InChI is InChI=1S/C30H58O15/c1-32-29(31)28-43-25-24-41-21-20-39-17-16-37-13-12-35-9-8-33-6-7-34-10-11-36-14-15-38-18-19-40-22-23-42-26-27-45-30-4-2-3-5-44-30/h30H,2-28H2,1H3. The van der Waals surface area contributed by atoms with Crippen molar-refractivity contribution in [1.82, 2.24) is 0 Å². The molecule has 0 aliphatic carbocycles. The Hall–Kier alpha value is -1.05. The zero-order chi connectivity index (χ0) is 32.1. The first-order chi connectivity index (χ1) is 22.3. The molecule has 0 N–H and O–H groups in total. The van der Waals surface area contributed by atoms with Crippen LogP contribution in [-0.2, 0) is 71.1 Å². The van der Waals surface area contributed by atoms with Gasteiger partial charge in [-0.15, -0.1) is 0 Å². The molecule has 268 valence electrons. The Balaban J connectivity index is 1.60. The minimum atomic E-state index is -0.407. The fourth-order valence-electron chi connectivity index (χ4n) is 3.49. The molecule has 0 aromatic heterocycles. The van der Waals surface area contributed by atoms with Crippen LogP contribution in [-0.4, -0.2) is 178 Å². The van der Waals surface area contributed by atoms with E-state index in [4.69, 9.17) is 61.6 Å². The van der Waals surface area contributed by atoms with E-state index in [-0.39, 0.29) is 12.9 Å². The van der Waals surface area contributed by atoms with Crippen LogP contribution in [0.15, 0.2) is 0 Å². The van der Waals surface area contributed by atoms with Gasteiger partial charge in [-0.2, -0.15) is 0 Å². The molecule has 0 radical (unpaired) electrons. The predicted octanol–water partition coefficient (Wildman–Crippen LogP) is 0.885. The number of methoxy groups -OCH3 is 1. The van der Waals surface area contributed by atoms with Crippen molar-refractivity contribution in [2.24, 2.45) is 0 Å². The molecule has 15 heteroatoms. The molecule has 0 aromatic rings. The van der Waals surface area contributed by atoms with Gasteiger partial charge in [0, 0.05) is 6.61 Å². The molecule has 0 bridgehead atoms. The van der Waals surface area contributed by atoms with Gasteiger partial charge in [0.1, 0.15) is 6.61 Å². The van der Waals surface area contributed by atoms with Crippen molar-refractivity contribution >= 4 is 5.97 Å². The summed E-state index contributed by atoms with van der Waals surface area (Å²) in [6.07, 6.45) is 3.18. The highest BCUT2D eigenvalue weighted by Gasteiger charge is 2.13. The molecule has 1 heterocycles. The van der Waals surface area contributed by atoms with Crippen LogP contribution >= 0.6 is 0 Å². The molecule has 1 saturated heterocycles. The van der Waals surface area contributed by atoms with Crippen molar-refractivity contribution in [2.45, 2.75) is 25.6 Å². The molecule has 15 nitrogen and oxygen atoms in total. The van der Waals surface area contributed by atoms with Crippen molar-refractivity contribution in [3.63, 3.8) is 0 Å². The molecule has 0 aromatic carbocycles. The van der Waals surface area contributed by atoms with Crippen LogP contribution in [0.25, 0.3) is 0 Å². The molecule has 0 saturated carbocycles. The summed E-state index contributed by atoms with van der Waals surface area (Å²) >= 11 is 0. The predicted molar refractivity (Wildman–Crippen MR) is 161 cm³/mol. The van der Waals surface area contributed by atoms with E-state index >= 15 is 0 Å². The van der Waals surface area contributed by atoms with Crippen LogP contribution in [0.1, 0.15) is 19.3 Å². The number of ether oxygens (including phenoxy) is 14. The summed E-state index contributed by atoms with van der Waals surface area (Å²) in [6.45, 7) is 11.5. The first-order valence-electron chi connectivity index (χ1n) is 16.0. The largest absolute Gasteiger partial charge is 0.467 e. The van der Waals surface area contributed by atoms with Crippen LogP contribution in [0.2, 0.25) is 0 Å². The number of carbonyl (C=O) groups excluding carboxylic acids is 1. The molecule has 1 aliphatic rings. The smallest absolute Gasteiger partial charge is 0.331 e. The Morgan fingerprint density at radius 2 is 0.778 bits per heavy atom. The number of rotatable bonds is 36. The van der Waals surface area contributed by atoms with E-state index in [2.05, 4.69) is 4.74 Å². The quantitative estimate of drug-likeness (QED) is 0.0693. The number of esters is 1. The van der Waals surface area contributed by atoms with E-state index < -0.39 is 5.97 Å².